The second-order valence-electron chi connectivity index (χ2n) is 6.25. The van der Waals surface area contributed by atoms with Gasteiger partial charge in [-0.25, -0.2) is 0 Å². The van der Waals surface area contributed by atoms with Crippen LogP contribution in [0.1, 0.15) is 39.0 Å². The van der Waals surface area contributed by atoms with Gasteiger partial charge < -0.3 is 14.7 Å². The molecule has 5 nitrogen and oxygen atoms in total. The highest BCUT2D eigenvalue weighted by Gasteiger charge is 2.24. The molecule has 0 saturated carbocycles. The Labute approximate surface area is 129 Å². The number of rotatable bonds is 4. The normalized spacial score (nSPS) is 19.9. The number of hydrogen-bond donors (Lipinski definition) is 0. The maximum Gasteiger partial charge on any atom is 0.222 e. The summed E-state index contributed by atoms with van der Waals surface area (Å²) in [5.41, 5.74) is 0. The molecule has 2 fully saturated rings. The Balaban J connectivity index is 0.000000383. The molecule has 0 unspecified atom stereocenters. The van der Waals surface area contributed by atoms with Gasteiger partial charge in [-0.15, -0.1) is 0 Å². The van der Waals surface area contributed by atoms with Crippen molar-refractivity contribution in [3.05, 3.63) is 0 Å². The molecule has 0 aromatic rings. The zero-order valence-corrected chi connectivity index (χ0v) is 13.9. The van der Waals surface area contributed by atoms with Crippen LogP contribution in [0.15, 0.2) is 0 Å². The van der Waals surface area contributed by atoms with Gasteiger partial charge in [0.05, 0.1) is 0 Å². The molecule has 0 atom stereocenters. The van der Waals surface area contributed by atoms with Crippen molar-refractivity contribution in [3.8, 4) is 0 Å². The standard InChI is InChI=1S/C13H24N2O.C3H7NO/c1-2-13(16)15-9-5-12(6-10-15)11-14-7-3-4-8-14;1-4(2)3-5/h12H,2-11H2,1H3;3H,1-2H3. The monoisotopic (exact) mass is 297 g/mol. The Bertz CT molecular complexity index is 307. The van der Waals surface area contributed by atoms with Crippen molar-refractivity contribution >= 4 is 12.3 Å². The largest absolute Gasteiger partial charge is 0.351 e. The summed E-state index contributed by atoms with van der Waals surface area (Å²) in [5.74, 6) is 1.17. The molecular formula is C16H31N3O2. The van der Waals surface area contributed by atoms with Crippen LogP contribution < -0.4 is 0 Å². The van der Waals surface area contributed by atoms with E-state index in [2.05, 4.69) is 4.90 Å². The molecule has 0 aliphatic carbocycles. The van der Waals surface area contributed by atoms with Crippen molar-refractivity contribution in [3.63, 3.8) is 0 Å². The van der Waals surface area contributed by atoms with Gasteiger partial charge in [-0.2, -0.15) is 0 Å². The van der Waals surface area contributed by atoms with E-state index >= 15 is 0 Å². The number of piperidine rings is 1. The van der Waals surface area contributed by atoms with Crippen molar-refractivity contribution in [2.45, 2.75) is 39.0 Å². The predicted molar refractivity (Wildman–Crippen MR) is 85.0 cm³/mol. The zero-order valence-electron chi connectivity index (χ0n) is 13.9. The number of amides is 2. The molecule has 122 valence electrons. The summed E-state index contributed by atoms with van der Waals surface area (Å²) in [6, 6.07) is 0. The van der Waals surface area contributed by atoms with Crippen LogP contribution in [0.5, 0.6) is 0 Å². The lowest BCUT2D eigenvalue weighted by Gasteiger charge is -2.33. The number of nitrogens with zero attached hydrogens (tertiary/aromatic N) is 3. The van der Waals surface area contributed by atoms with Gasteiger partial charge in [0.25, 0.3) is 0 Å². The number of carbonyl (C=O) groups excluding carboxylic acids is 2. The Morgan fingerprint density at radius 1 is 1.14 bits per heavy atom. The summed E-state index contributed by atoms with van der Waals surface area (Å²) in [7, 11) is 3.38. The molecule has 21 heavy (non-hydrogen) atoms. The van der Waals surface area contributed by atoms with E-state index in [4.69, 9.17) is 0 Å². The van der Waals surface area contributed by atoms with Crippen LogP contribution in [0, 0.1) is 5.92 Å². The fraction of sp³-hybridized carbons (Fsp3) is 0.875. The van der Waals surface area contributed by atoms with E-state index < -0.39 is 0 Å². The first-order valence-electron chi connectivity index (χ1n) is 8.18. The molecule has 0 bridgehead atoms. The van der Waals surface area contributed by atoms with Crippen LogP contribution in [-0.4, -0.2) is 73.8 Å². The highest BCUT2D eigenvalue weighted by atomic mass is 16.2. The maximum absolute atomic E-state index is 11.5. The van der Waals surface area contributed by atoms with Gasteiger partial charge in [-0.1, -0.05) is 6.92 Å². The van der Waals surface area contributed by atoms with Crippen molar-refractivity contribution in [1.82, 2.24) is 14.7 Å². The molecule has 0 aromatic carbocycles. The summed E-state index contributed by atoms with van der Waals surface area (Å²) < 4.78 is 0. The molecule has 0 N–H and O–H groups in total. The van der Waals surface area contributed by atoms with Gasteiger partial charge in [0.1, 0.15) is 0 Å². The number of hydrogen-bond acceptors (Lipinski definition) is 3. The molecule has 0 aromatic heterocycles. The molecule has 2 aliphatic heterocycles. The lowest BCUT2D eigenvalue weighted by molar-refractivity contribution is -0.132. The van der Waals surface area contributed by atoms with Gasteiger partial charge in [0.15, 0.2) is 0 Å². The Hall–Kier alpha value is -1.10. The van der Waals surface area contributed by atoms with Gasteiger partial charge in [0, 0.05) is 40.2 Å². The third-order valence-corrected chi connectivity index (χ3v) is 4.20. The van der Waals surface area contributed by atoms with Crippen molar-refractivity contribution in [1.29, 1.82) is 0 Å². The van der Waals surface area contributed by atoms with Crippen molar-refractivity contribution < 1.29 is 9.59 Å². The van der Waals surface area contributed by atoms with E-state index in [9.17, 15) is 9.59 Å². The van der Waals surface area contributed by atoms with E-state index in [1.807, 2.05) is 11.8 Å². The smallest absolute Gasteiger partial charge is 0.222 e. The van der Waals surface area contributed by atoms with E-state index in [0.717, 1.165) is 25.4 Å². The molecule has 2 amide bonds. The zero-order chi connectivity index (χ0) is 15.7. The van der Waals surface area contributed by atoms with Gasteiger partial charge in [-0.3, -0.25) is 9.59 Å². The summed E-state index contributed by atoms with van der Waals surface area (Å²) in [4.78, 5) is 27.0. The Morgan fingerprint density at radius 3 is 2.10 bits per heavy atom. The lowest BCUT2D eigenvalue weighted by Crippen LogP contribution is -2.40. The topological polar surface area (TPSA) is 43.9 Å². The second-order valence-corrected chi connectivity index (χ2v) is 6.25. The number of likely N-dealkylation sites (tertiary alicyclic amines) is 2. The van der Waals surface area contributed by atoms with Crippen molar-refractivity contribution in [2.24, 2.45) is 5.92 Å². The predicted octanol–water partition coefficient (Wildman–Crippen LogP) is 1.44. The van der Waals surface area contributed by atoms with Crippen LogP contribution in [0.4, 0.5) is 0 Å². The third-order valence-electron chi connectivity index (χ3n) is 4.20. The summed E-state index contributed by atoms with van der Waals surface area (Å²) in [5, 5.41) is 0. The molecule has 5 heteroatoms. The molecule has 2 aliphatic rings. The minimum Gasteiger partial charge on any atom is -0.351 e. The second kappa shape index (κ2) is 9.77. The minimum absolute atomic E-state index is 0.333. The first kappa shape index (κ1) is 18.0. The van der Waals surface area contributed by atoms with E-state index in [-0.39, 0.29) is 0 Å². The maximum atomic E-state index is 11.5. The average Bonchev–Trinajstić information content (AvgIpc) is 3.00. The van der Waals surface area contributed by atoms with Crippen LogP contribution in [-0.2, 0) is 9.59 Å². The van der Waals surface area contributed by atoms with Crippen LogP contribution >= 0.6 is 0 Å². The van der Waals surface area contributed by atoms with Gasteiger partial charge in [-0.05, 0) is 44.7 Å². The fourth-order valence-corrected chi connectivity index (χ4v) is 2.92. The van der Waals surface area contributed by atoms with Crippen LogP contribution in [0.3, 0.4) is 0 Å². The summed E-state index contributed by atoms with van der Waals surface area (Å²) in [6.45, 7) is 7.81. The first-order valence-corrected chi connectivity index (χ1v) is 8.18. The Kier molecular flexibility index (Phi) is 8.35. The SMILES string of the molecule is CCC(=O)N1CCC(CN2CCCC2)CC1.CN(C)C=O. The van der Waals surface area contributed by atoms with Gasteiger partial charge >= 0.3 is 0 Å². The van der Waals surface area contributed by atoms with Crippen LogP contribution in [0.25, 0.3) is 0 Å². The molecule has 2 rings (SSSR count). The first-order chi connectivity index (χ1) is 10.1. The summed E-state index contributed by atoms with van der Waals surface area (Å²) >= 11 is 0. The molecule has 0 spiro atoms. The van der Waals surface area contributed by atoms with E-state index in [0.29, 0.717) is 12.3 Å². The van der Waals surface area contributed by atoms with Crippen molar-refractivity contribution in [2.75, 3.05) is 46.8 Å². The molecule has 0 radical (unpaired) electrons. The minimum atomic E-state index is 0.333. The third kappa shape index (κ3) is 6.93. The van der Waals surface area contributed by atoms with Crippen LogP contribution in [0.2, 0.25) is 0 Å². The van der Waals surface area contributed by atoms with Gasteiger partial charge in [0.2, 0.25) is 12.3 Å². The van der Waals surface area contributed by atoms with E-state index in [1.54, 1.807) is 14.1 Å². The van der Waals surface area contributed by atoms with E-state index in [1.165, 1.54) is 50.2 Å². The average molecular weight is 297 g/mol. The fourth-order valence-electron chi connectivity index (χ4n) is 2.92. The lowest BCUT2D eigenvalue weighted by atomic mass is 9.96. The highest BCUT2D eigenvalue weighted by molar-refractivity contribution is 5.75. The molecule has 2 saturated heterocycles. The Morgan fingerprint density at radius 2 is 1.67 bits per heavy atom. The highest BCUT2D eigenvalue weighted by Crippen LogP contribution is 2.20. The molecule has 2 heterocycles. The quantitative estimate of drug-likeness (QED) is 0.738. The number of carbonyl (C=O) groups is 2. The molecular weight excluding hydrogens is 266 g/mol. The summed E-state index contributed by atoms with van der Waals surface area (Å²) in [6.07, 6.45) is 6.60.